The normalized spacial score (nSPS) is 34.2. The van der Waals surface area contributed by atoms with Gasteiger partial charge in [-0.2, -0.15) is 0 Å². The second-order valence-electron chi connectivity index (χ2n) is 3.23. The van der Waals surface area contributed by atoms with Crippen LogP contribution in [-0.2, 0) is 0 Å². The molecule has 1 rings (SSSR count). The van der Waals surface area contributed by atoms with Crippen molar-refractivity contribution < 1.29 is 5.11 Å². The summed E-state index contributed by atoms with van der Waals surface area (Å²) >= 11 is 0. The fourth-order valence-electron chi connectivity index (χ4n) is 1.64. The first-order chi connectivity index (χ1) is 4.83. The maximum atomic E-state index is 9.17. The summed E-state index contributed by atoms with van der Waals surface area (Å²) in [6, 6.07) is 0. The highest BCUT2D eigenvalue weighted by molar-refractivity contribution is 4.72. The summed E-state index contributed by atoms with van der Waals surface area (Å²) in [5.74, 6) is 0.813. The molecule has 0 amide bonds. The second kappa shape index (κ2) is 3.94. The van der Waals surface area contributed by atoms with Crippen LogP contribution in [0.25, 0.3) is 0 Å². The van der Waals surface area contributed by atoms with Crippen LogP contribution in [0.2, 0.25) is 0 Å². The van der Waals surface area contributed by atoms with Crippen molar-refractivity contribution in [3.8, 4) is 0 Å². The van der Waals surface area contributed by atoms with Crippen molar-refractivity contribution in [1.82, 2.24) is 5.32 Å². The van der Waals surface area contributed by atoms with E-state index in [1.54, 1.807) is 0 Å². The predicted molar refractivity (Wildman–Crippen MR) is 41.9 cm³/mol. The van der Waals surface area contributed by atoms with E-state index in [1.165, 1.54) is 12.8 Å². The smallest absolute Gasteiger partial charge is 0.0540 e. The van der Waals surface area contributed by atoms with E-state index in [0.29, 0.717) is 0 Å². The number of hydrogen-bond donors (Lipinski definition) is 2. The predicted octanol–water partition coefficient (Wildman–Crippen LogP) is 0.757. The Morgan fingerprint density at radius 3 is 2.40 bits per heavy atom. The highest BCUT2D eigenvalue weighted by Gasteiger charge is 2.17. The van der Waals surface area contributed by atoms with Gasteiger partial charge < -0.3 is 10.4 Å². The highest BCUT2D eigenvalue weighted by atomic mass is 16.3. The Kier molecular flexibility index (Phi) is 3.16. The standard InChI is InChI=1S/C8H17NO/c1-9-6-7-2-4-8(10)5-3-7/h7-10H,2-6H2,1H3. The lowest BCUT2D eigenvalue weighted by Crippen LogP contribution is -2.25. The average molecular weight is 143 g/mol. The zero-order chi connectivity index (χ0) is 7.40. The van der Waals surface area contributed by atoms with Crippen molar-refractivity contribution >= 4 is 0 Å². The molecule has 60 valence electrons. The Balaban J connectivity index is 2.13. The molecule has 1 saturated carbocycles. The van der Waals surface area contributed by atoms with Crippen molar-refractivity contribution in [1.29, 1.82) is 0 Å². The van der Waals surface area contributed by atoms with Crippen molar-refractivity contribution in [2.24, 2.45) is 5.92 Å². The zero-order valence-electron chi connectivity index (χ0n) is 6.64. The molecule has 2 N–H and O–H groups in total. The number of aliphatic hydroxyl groups is 1. The van der Waals surface area contributed by atoms with E-state index >= 15 is 0 Å². The summed E-state index contributed by atoms with van der Waals surface area (Å²) in [6.07, 6.45) is 4.40. The van der Waals surface area contributed by atoms with Crippen LogP contribution in [0.3, 0.4) is 0 Å². The van der Waals surface area contributed by atoms with E-state index in [0.717, 1.165) is 25.3 Å². The number of aliphatic hydroxyl groups excluding tert-OH is 1. The first-order valence-corrected chi connectivity index (χ1v) is 4.15. The van der Waals surface area contributed by atoms with Gasteiger partial charge >= 0.3 is 0 Å². The van der Waals surface area contributed by atoms with E-state index in [2.05, 4.69) is 5.32 Å². The summed E-state index contributed by atoms with van der Waals surface area (Å²) in [7, 11) is 1.99. The monoisotopic (exact) mass is 143 g/mol. The lowest BCUT2D eigenvalue weighted by Gasteiger charge is -2.24. The van der Waals surface area contributed by atoms with E-state index in [-0.39, 0.29) is 6.10 Å². The molecule has 1 fully saturated rings. The molecule has 0 saturated heterocycles. The van der Waals surface area contributed by atoms with Crippen molar-refractivity contribution in [2.75, 3.05) is 13.6 Å². The molecule has 0 heterocycles. The van der Waals surface area contributed by atoms with Crippen LogP contribution < -0.4 is 5.32 Å². The molecule has 0 radical (unpaired) electrons. The lowest BCUT2D eigenvalue weighted by molar-refractivity contribution is 0.109. The summed E-state index contributed by atoms with van der Waals surface area (Å²) in [5, 5.41) is 12.3. The number of nitrogens with one attached hydrogen (secondary N) is 1. The molecule has 0 aromatic rings. The van der Waals surface area contributed by atoms with Gasteiger partial charge in [-0.3, -0.25) is 0 Å². The van der Waals surface area contributed by atoms with Gasteiger partial charge in [-0.05, 0) is 45.2 Å². The van der Waals surface area contributed by atoms with Gasteiger partial charge in [0, 0.05) is 0 Å². The molecule has 0 atom stereocenters. The number of hydrogen-bond acceptors (Lipinski definition) is 2. The first kappa shape index (κ1) is 8.02. The highest BCUT2D eigenvalue weighted by Crippen LogP contribution is 2.23. The molecule has 2 heteroatoms. The van der Waals surface area contributed by atoms with Gasteiger partial charge in [0.15, 0.2) is 0 Å². The fraction of sp³-hybridized carbons (Fsp3) is 1.00. The van der Waals surface area contributed by atoms with Crippen LogP contribution in [0.4, 0.5) is 0 Å². The minimum Gasteiger partial charge on any atom is -0.393 e. The quantitative estimate of drug-likeness (QED) is 0.598. The molecule has 0 unspecified atom stereocenters. The van der Waals surface area contributed by atoms with Crippen molar-refractivity contribution in [3.63, 3.8) is 0 Å². The van der Waals surface area contributed by atoms with Gasteiger partial charge in [0.05, 0.1) is 6.10 Å². The minimum atomic E-state index is -0.00638. The third-order valence-electron chi connectivity index (χ3n) is 2.31. The van der Waals surface area contributed by atoms with Crippen molar-refractivity contribution in [3.05, 3.63) is 0 Å². The Morgan fingerprint density at radius 1 is 1.30 bits per heavy atom. The van der Waals surface area contributed by atoms with Gasteiger partial charge in [-0.1, -0.05) is 0 Å². The molecule has 10 heavy (non-hydrogen) atoms. The topological polar surface area (TPSA) is 32.3 Å². The Labute approximate surface area is 62.6 Å². The van der Waals surface area contributed by atoms with Gasteiger partial charge in [-0.15, -0.1) is 0 Å². The largest absolute Gasteiger partial charge is 0.393 e. The van der Waals surface area contributed by atoms with Crippen LogP contribution in [0, 0.1) is 5.92 Å². The molecule has 2 nitrogen and oxygen atoms in total. The van der Waals surface area contributed by atoms with Crippen LogP contribution >= 0.6 is 0 Å². The molecule has 1 aliphatic rings. The first-order valence-electron chi connectivity index (χ1n) is 4.15. The molecular formula is C8H17NO. The van der Waals surface area contributed by atoms with E-state index in [1.807, 2.05) is 7.05 Å². The Morgan fingerprint density at radius 2 is 1.90 bits per heavy atom. The molecular weight excluding hydrogens is 126 g/mol. The molecule has 0 spiro atoms. The SMILES string of the molecule is CNCC1CCC(O)CC1. The average Bonchev–Trinajstić information content (AvgIpc) is 1.95. The van der Waals surface area contributed by atoms with Gasteiger partial charge in [0.25, 0.3) is 0 Å². The van der Waals surface area contributed by atoms with E-state index in [4.69, 9.17) is 0 Å². The summed E-state index contributed by atoms with van der Waals surface area (Å²) in [4.78, 5) is 0. The molecule has 0 bridgehead atoms. The third kappa shape index (κ3) is 2.27. The van der Waals surface area contributed by atoms with E-state index < -0.39 is 0 Å². The molecule has 0 aliphatic heterocycles. The summed E-state index contributed by atoms with van der Waals surface area (Å²) < 4.78 is 0. The Bertz CT molecular complexity index is 87.3. The van der Waals surface area contributed by atoms with Gasteiger partial charge in [0.1, 0.15) is 0 Å². The van der Waals surface area contributed by atoms with E-state index in [9.17, 15) is 5.11 Å². The van der Waals surface area contributed by atoms with Gasteiger partial charge in [0.2, 0.25) is 0 Å². The second-order valence-corrected chi connectivity index (χ2v) is 3.23. The number of rotatable bonds is 2. The third-order valence-corrected chi connectivity index (χ3v) is 2.31. The zero-order valence-corrected chi connectivity index (χ0v) is 6.64. The Hall–Kier alpha value is -0.0800. The van der Waals surface area contributed by atoms with Crippen LogP contribution in [0.15, 0.2) is 0 Å². The molecule has 1 aliphatic carbocycles. The summed E-state index contributed by atoms with van der Waals surface area (Å²) in [6.45, 7) is 1.12. The maximum absolute atomic E-state index is 9.17. The lowest BCUT2D eigenvalue weighted by atomic mass is 9.87. The van der Waals surface area contributed by atoms with Gasteiger partial charge in [-0.25, -0.2) is 0 Å². The van der Waals surface area contributed by atoms with Crippen LogP contribution in [-0.4, -0.2) is 24.8 Å². The van der Waals surface area contributed by atoms with Crippen LogP contribution in [0.5, 0.6) is 0 Å². The van der Waals surface area contributed by atoms with Crippen LogP contribution in [0.1, 0.15) is 25.7 Å². The minimum absolute atomic E-state index is 0.00638. The maximum Gasteiger partial charge on any atom is 0.0540 e. The fourth-order valence-corrected chi connectivity index (χ4v) is 1.64. The van der Waals surface area contributed by atoms with Crippen molar-refractivity contribution in [2.45, 2.75) is 31.8 Å². The molecule has 0 aromatic heterocycles. The molecule has 0 aromatic carbocycles. The summed E-state index contributed by atoms with van der Waals surface area (Å²) in [5.41, 5.74) is 0.